The van der Waals surface area contributed by atoms with E-state index in [0.29, 0.717) is 4.47 Å². The van der Waals surface area contributed by atoms with Crippen molar-refractivity contribution in [3.8, 4) is 0 Å². The van der Waals surface area contributed by atoms with Crippen molar-refractivity contribution in [3.05, 3.63) is 54.3 Å². The second kappa shape index (κ2) is 7.16. The Hall–Kier alpha value is -0.230. The molecule has 2 aromatic rings. The second-order valence-electron chi connectivity index (χ2n) is 4.58. The van der Waals surface area contributed by atoms with E-state index in [4.69, 9.17) is 0 Å². The van der Waals surface area contributed by atoms with Crippen LogP contribution in [-0.4, -0.2) is 6.54 Å². The molecule has 0 radical (unpaired) electrons. The highest BCUT2D eigenvalue weighted by Crippen LogP contribution is 2.36. The maximum absolute atomic E-state index is 13.8. The Balaban J connectivity index is 2.44. The van der Waals surface area contributed by atoms with Gasteiger partial charge in [-0.15, -0.1) is 11.3 Å². The maximum atomic E-state index is 13.8. The van der Waals surface area contributed by atoms with Crippen LogP contribution in [0.2, 0.25) is 0 Å². The monoisotopic (exact) mass is 419 g/mol. The topological polar surface area (TPSA) is 12.0 Å². The summed E-state index contributed by atoms with van der Waals surface area (Å²) in [7, 11) is 0. The first-order valence-electron chi connectivity index (χ1n) is 6.47. The van der Waals surface area contributed by atoms with E-state index in [1.54, 1.807) is 17.4 Å². The number of nitrogens with one attached hydrogen (secondary N) is 1. The van der Waals surface area contributed by atoms with Crippen molar-refractivity contribution in [1.82, 2.24) is 5.32 Å². The molecule has 1 aromatic carbocycles. The molecule has 0 saturated heterocycles. The number of benzene rings is 1. The molecule has 0 amide bonds. The van der Waals surface area contributed by atoms with Crippen molar-refractivity contribution in [3.63, 3.8) is 0 Å². The van der Waals surface area contributed by atoms with Crippen LogP contribution < -0.4 is 5.32 Å². The van der Waals surface area contributed by atoms with Gasteiger partial charge in [0.2, 0.25) is 0 Å². The summed E-state index contributed by atoms with van der Waals surface area (Å²) in [6.07, 6.45) is 1.04. The zero-order valence-electron chi connectivity index (χ0n) is 11.3. The Morgan fingerprint density at radius 1 is 1.35 bits per heavy atom. The predicted octanol–water partition coefficient (Wildman–Crippen LogP) is 5.81. The molecule has 0 aliphatic carbocycles. The first-order valence-corrected chi connectivity index (χ1v) is 8.88. The van der Waals surface area contributed by atoms with Crippen molar-refractivity contribution in [2.24, 2.45) is 0 Å². The minimum atomic E-state index is -0.224. The van der Waals surface area contributed by atoms with Gasteiger partial charge in [-0.3, -0.25) is 0 Å². The molecule has 2 rings (SSSR count). The lowest BCUT2D eigenvalue weighted by Crippen LogP contribution is -2.23. The van der Waals surface area contributed by atoms with Crippen molar-refractivity contribution in [2.75, 3.05) is 6.54 Å². The van der Waals surface area contributed by atoms with E-state index >= 15 is 0 Å². The van der Waals surface area contributed by atoms with Gasteiger partial charge in [-0.25, -0.2) is 4.39 Å². The van der Waals surface area contributed by atoms with Crippen LogP contribution >= 0.6 is 43.2 Å². The highest BCUT2D eigenvalue weighted by Gasteiger charge is 2.20. The molecule has 0 aliphatic heterocycles. The molecule has 0 bridgehead atoms. The van der Waals surface area contributed by atoms with E-state index in [1.165, 1.54) is 15.8 Å². The van der Waals surface area contributed by atoms with E-state index in [-0.39, 0.29) is 11.9 Å². The van der Waals surface area contributed by atoms with E-state index in [2.05, 4.69) is 57.1 Å². The van der Waals surface area contributed by atoms with Crippen LogP contribution in [-0.2, 0) is 0 Å². The minimum Gasteiger partial charge on any atom is -0.306 e. The van der Waals surface area contributed by atoms with Crippen molar-refractivity contribution >= 4 is 43.2 Å². The van der Waals surface area contributed by atoms with Gasteiger partial charge in [0.15, 0.2) is 0 Å². The van der Waals surface area contributed by atoms with E-state index < -0.39 is 0 Å². The van der Waals surface area contributed by atoms with Crippen LogP contribution in [0.1, 0.15) is 34.7 Å². The fraction of sp³-hybridized carbons (Fsp3) is 0.333. The number of hydrogen-bond acceptors (Lipinski definition) is 2. The molecular weight excluding hydrogens is 405 g/mol. The van der Waals surface area contributed by atoms with Gasteiger partial charge >= 0.3 is 0 Å². The lowest BCUT2D eigenvalue weighted by molar-refractivity contribution is 0.585. The van der Waals surface area contributed by atoms with Crippen LogP contribution in [0.4, 0.5) is 4.39 Å². The highest BCUT2D eigenvalue weighted by atomic mass is 79.9. The third-order valence-electron chi connectivity index (χ3n) is 3.05. The summed E-state index contributed by atoms with van der Waals surface area (Å²) in [4.78, 5) is 2.42. The molecule has 1 unspecified atom stereocenters. The van der Waals surface area contributed by atoms with Crippen molar-refractivity contribution < 1.29 is 4.39 Å². The SMILES string of the molecule is CCCNC(c1cc(Br)c(C)s1)c1cccc(F)c1Br. The zero-order valence-corrected chi connectivity index (χ0v) is 15.3. The highest BCUT2D eigenvalue weighted by molar-refractivity contribution is 9.10. The predicted molar refractivity (Wildman–Crippen MR) is 91.0 cm³/mol. The number of halogens is 3. The summed E-state index contributed by atoms with van der Waals surface area (Å²) in [5.41, 5.74) is 0.937. The van der Waals surface area contributed by atoms with Gasteiger partial charge in [0.25, 0.3) is 0 Å². The third-order valence-corrected chi connectivity index (χ3v) is 6.09. The molecule has 1 heterocycles. The molecule has 5 heteroatoms. The van der Waals surface area contributed by atoms with Crippen molar-refractivity contribution in [2.45, 2.75) is 26.3 Å². The first-order chi connectivity index (χ1) is 9.54. The molecule has 20 heavy (non-hydrogen) atoms. The summed E-state index contributed by atoms with van der Waals surface area (Å²) >= 11 is 8.66. The molecular formula is C15H16Br2FNS. The summed E-state index contributed by atoms with van der Waals surface area (Å²) in [5, 5.41) is 3.50. The van der Waals surface area contributed by atoms with E-state index in [0.717, 1.165) is 23.0 Å². The summed E-state index contributed by atoms with van der Waals surface area (Å²) in [6, 6.07) is 7.31. The second-order valence-corrected chi connectivity index (χ2v) is 7.52. The quantitative estimate of drug-likeness (QED) is 0.643. The Morgan fingerprint density at radius 2 is 2.10 bits per heavy atom. The minimum absolute atomic E-state index is 0.00928. The Kier molecular flexibility index (Phi) is 5.78. The lowest BCUT2D eigenvalue weighted by Gasteiger charge is -2.19. The fourth-order valence-corrected chi connectivity index (χ4v) is 4.17. The molecule has 1 aromatic heterocycles. The van der Waals surface area contributed by atoms with Crippen molar-refractivity contribution in [1.29, 1.82) is 0 Å². The third kappa shape index (κ3) is 3.50. The molecule has 0 aliphatic rings. The normalized spacial score (nSPS) is 12.7. The maximum Gasteiger partial charge on any atom is 0.137 e. The average Bonchev–Trinajstić information content (AvgIpc) is 2.74. The number of hydrogen-bond donors (Lipinski definition) is 1. The van der Waals surface area contributed by atoms with Gasteiger partial charge in [0.1, 0.15) is 5.82 Å². The molecule has 0 spiro atoms. The standard InChI is InChI=1S/C15H16Br2FNS/c1-3-7-19-15(13-8-11(16)9(2)20-13)10-5-4-6-12(18)14(10)17/h4-6,8,15,19H,3,7H2,1-2H3. The molecule has 1 N–H and O–H groups in total. The molecule has 1 atom stereocenters. The van der Waals surface area contributed by atoms with Gasteiger partial charge in [-0.1, -0.05) is 19.1 Å². The van der Waals surface area contributed by atoms with Gasteiger partial charge < -0.3 is 5.32 Å². The van der Waals surface area contributed by atoms with E-state index in [9.17, 15) is 4.39 Å². The van der Waals surface area contributed by atoms with Gasteiger partial charge in [0, 0.05) is 14.2 Å². The van der Waals surface area contributed by atoms with Crippen LogP contribution in [0.5, 0.6) is 0 Å². The molecule has 0 fully saturated rings. The Labute approximate surface area is 139 Å². The number of aryl methyl sites for hydroxylation is 1. The largest absolute Gasteiger partial charge is 0.306 e. The van der Waals surface area contributed by atoms with Gasteiger partial charge in [-0.05, 0) is 69.4 Å². The zero-order chi connectivity index (χ0) is 14.7. The number of thiophene rings is 1. The molecule has 108 valence electrons. The van der Waals surface area contributed by atoms with Crippen LogP contribution in [0.15, 0.2) is 33.2 Å². The molecule has 1 nitrogen and oxygen atoms in total. The van der Waals surface area contributed by atoms with Crippen LogP contribution in [0.25, 0.3) is 0 Å². The van der Waals surface area contributed by atoms with Gasteiger partial charge in [-0.2, -0.15) is 0 Å². The summed E-state index contributed by atoms with van der Waals surface area (Å²) < 4.78 is 15.4. The summed E-state index contributed by atoms with van der Waals surface area (Å²) in [6.45, 7) is 5.10. The Morgan fingerprint density at radius 3 is 2.70 bits per heavy atom. The van der Waals surface area contributed by atoms with Crippen LogP contribution in [0, 0.1) is 12.7 Å². The Bertz CT molecular complexity index is 578. The average molecular weight is 421 g/mol. The van der Waals surface area contributed by atoms with Gasteiger partial charge in [0.05, 0.1) is 10.5 Å². The number of rotatable bonds is 5. The first kappa shape index (κ1) is 16.1. The van der Waals surface area contributed by atoms with Crippen LogP contribution in [0.3, 0.4) is 0 Å². The van der Waals surface area contributed by atoms with E-state index in [1.807, 2.05) is 6.07 Å². The smallest absolute Gasteiger partial charge is 0.137 e. The summed E-state index contributed by atoms with van der Waals surface area (Å²) in [5.74, 6) is -0.224. The lowest BCUT2D eigenvalue weighted by atomic mass is 10.0. The molecule has 0 saturated carbocycles. The fourth-order valence-electron chi connectivity index (χ4n) is 2.02.